The molecule has 6 nitrogen and oxygen atoms in total. The van der Waals surface area contributed by atoms with E-state index in [0.29, 0.717) is 19.8 Å². The minimum Gasteiger partial charge on any atom is -0.357 e. The molecule has 0 aliphatic carbocycles. The number of rotatable bonds is 0. The molecule has 1 amide bonds. The lowest BCUT2D eigenvalue weighted by Gasteiger charge is -2.13. The highest BCUT2D eigenvalue weighted by molar-refractivity contribution is 5.76. The van der Waals surface area contributed by atoms with Gasteiger partial charge in [-0.15, -0.1) is 5.10 Å². The van der Waals surface area contributed by atoms with Crippen LogP contribution in [0.5, 0.6) is 0 Å². The molecule has 0 saturated carbocycles. The normalized spacial score (nSPS) is 23.1. The van der Waals surface area contributed by atoms with Crippen molar-refractivity contribution in [2.75, 3.05) is 6.61 Å². The van der Waals surface area contributed by atoms with Gasteiger partial charge in [-0.25, -0.2) is 4.68 Å². The van der Waals surface area contributed by atoms with Crippen molar-refractivity contribution in [1.82, 2.24) is 20.3 Å². The fourth-order valence-corrected chi connectivity index (χ4v) is 1.72. The molecule has 1 aliphatic heterocycles. The van der Waals surface area contributed by atoms with Crippen LogP contribution in [-0.2, 0) is 22.7 Å². The number of carbonyl (C=O) groups excluding carboxylic acids is 1. The Hall–Kier alpha value is -1.43. The predicted molar refractivity (Wildman–Crippen MR) is 56.5 cm³/mol. The first-order valence-electron chi connectivity index (χ1n) is 5.50. The Morgan fingerprint density at radius 2 is 2.44 bits per heavy atom. The average molecular weight is 224 g/mol. The van der Waals surface area contributed by atoms with Crippen LogP contribution in [0.15, 0.2) is 6.20 Å². The molecule has 1 atom stereocenters. The number of aryl methyl sites for hydroxylation is 1. The molecule has 0 aromatic carbocycles. The van der Waals surface area contributed by atoms with Crippen LogP contribution in [0.4, 0.5) is 0 Å². The zero-order valence-electron chi connectivity index (χ0n) is 9.35. The summed E-state index contributed by atoms with van der Waals surface area (Å²) in [6, 6.07) is 0.0394. The minimum atomic E-state index is 0.0394. The van der Waals surface area contributed by atoms with E-state index in [2.05, 4.69) is 15.6 Å². The molecule has 0 unspecified atom stereocenters. The van der Waals surface area contributed by atoms with E-state index in [9.17, 15) is 4.79 Å². The zero-order chi connectivity index (χ0) is 11.4. The first-order valence-corrected chi connectivity index (χ1v) is 5.50. The summed E-state index contributed by atoms with van der Waals surface area (Å²) in [4.78, 5) is 11.5. The maximum atomic E-state index is 11.5. The molecular weight excluding hydrogens is 208 g/mol. The largest absolute Gasteiger partial charge is 0.357 e. The fraction of sp³-hybridized carbons (Fsp3) is 0.700. The molecule has 2 rings (SSSR count). The fourth-order valence-electron chi connectivity index (χ4n) is 1.72. The molecule has 6 heteroatoms. The first kappa shape index (κ1) is 11.1. The number of fused-ring (bicyclic) bond motifs is 1. The highest BCUT2D eigenvalue weighted by atomic mass is 16.5. The minimum absolute atomic E-state index is 0.0394. The number of aromatic nitrogens is 3. The van der Waals surface area contributed by atoms with Crippen LogP contribution >= 0.6 is 0 Å². The molecule has 88 valence electrons. The Labute approximate surface area is 94.0 Å². The van der Waals surface area contributed by atoms with Gasteiger partial charge in [0.2, 0.25) is 5.91 Å². The van der Waals surface area contributed by atoms with Crippen LogP contribution in [-0.4, -0.2) is 33.5 Å². The third kappa shape index (κ3) is 2.79. The van der Waals surface area contributed by atoms with Gasteiger partial charge in [0.1, 0.15) is 6.73 Å². The number of ether oxygens (including phenoxy) is 1. The summed E-state index contributed by atoms with van der Waals surface area (Å²) in [7, 11) is 0. The van der Waals surface area contributed by atoms with E-state index in [4.69, 9.17) is 4.74 Å². The highest BCUT2D eigenvalue weighted by Crippen LogP contribution is 2.05. The summed E-state index contributed by atoms with van der Waals surface area (Å²) in [5, 5.41) is 10.7. The van der Waals surface area contributed by atoms with Crippen molar-refractivity contribution in [3.05, 3.63) is 11.9 Å². The van der Waals surface area contributed by atoms with Crippen molar-refractivity contribution in [3.63, 3.8) is 0 Å². The van der Waals surface area contributed by atoms with E-state index in [-0.39, 0.29) is 11.9 Å². The number of hydrogen-bond donors (Lipinski definition) is 1. The van der Waals surface area contributed by atoms with Gasteiger partial charge in [0.25, 0.3) is 0 Å². The Bertz CT molecular complexity index is 363. The maximum Gasteiger partial charge on any atom is 0.220 e. The van der Waals surface area contributed by atoms with Crippen LogP contribution in [0, 0.1) is 0 Å². The maximum absolute atomic E-state index is 11.5. The molecule has 0 bridgehead atoms. The van der Waals surface area contributed by atoms with Crippen molar-refractivity contribution >= 4 is 5.91 Å². The number of carbonyl (C=O) groups is 1. The SMILES string of the molecule is C[C@H]1COCn2nncc2CCCC(=O)N1. The molecule has 0 spiro atoms. The van der Waals surface area contributed by atoms with E-state index >= 15 is 0 Å². The van der Waals surface area contributed by atoms with Crippen molar-refractivity contribution in [2.45, 2.75) is 39.0 Å². The van der Waals surface area contributed by atoms with Crippen LogP contribution in [0.25, 0.3) is 0 Å². The molecule has 1 aromatic heterocycles. The average Bonchev–Trinajstić information content (AvgIpc) is 2.64. The number of nitrogens with one attached hydrogen (secondary N) is 1. The van der Waals surface area contributed by atoms with E-state index in [0.717, 1.165) is 18.5 Å². The summed E-state index contributed by atoms with van der Waals surface area (Å²) < 4.78 is 7.20. The molecule has 0 radical (unpaired) electrons. The molecule has 2 heterocycles. The molecule has 0 saturated heterocycles. The van der Waals surface area contributed by atoms with Crippen LogP contribution in [0.3, 0.4) is 0 Å². The lowest BCUT2D eigenvalue weighted by molar-refractivity contribution is -0.122. The van der Waals surface area contributed by atoms with Gasteiger partial charge < -0.3 is 10.1 Å². The smallest absolute Gasteiger partial charge is 0.220 e. The predicted octanol–water partition coefficient (Wildman–Crippen LogP) is 0.0932. The molecular formula is C10H16N4O2. The molecule has 1 aromatic rings. The Morgan fingerprint density at radius 1 is 1.56 bits per heavy atom. The van der Waals surface area contributed by atoms with Crippen molar-refractivity contribution in [3.8, 4) is 0 Å². The van der Waals surface area contributed by atoms with Gasteiger partial charge in [0.15, 0.2) is 0 Å². The second-order valence-corrected chi connectivity index (χ2v) is 4.05. The van der Waals surface area contributed by atoms with Gasteiger partial charge in [-0.1, -0.05) is 5.21 Å². The third-order valence-electron chi connectivity index (χ3n) is 2.52. The van der Waals surface area contributed by atoms with Gasteiger partial charge in [0, 0.05) is 12.5 Å². The lowest BCUT2D eigenvalue weighted by Crippen LogP contribution is -2.35. The summed E-state index contributed by atoms with van der Waals surface area (Å²) in [6.45, 7) is 2.82. The van der Waals surface area contributed by atoms with Crippen molar-refractivity contribution in [1.29, 1.82) is 0 Å². The lowest BCUT2D eigenvalue weighted by atomic mass is 10.2. The highest BCUT2D eigenvalue weighted by Gasteiger charge is 2.11. The quantitative estimate of drug-likeness (QED) is 0.678. The first-order chi connectivity index (χ1) is 7.75. The van der Waals surface area contributed by atoms with Crippen molar-refractivity contribution in [2.24, 2.45) is 0 Å². The van der Waals surface area contributed by atoms with E-state index in [1.54, 1.807) is 10.9 Å². The van der Waals surface area contributed by atoms with Crippen molar-refractivity contribution < 1.29 is 9.53 Å². The van der Waals surface area contributed by atoms with Gasteiger partial charge >= 0.3 is 0 Å². The second kappa shape index (κ2) is 5.07. The molecule has 1 aliphatic rings. The molecule has 16 heavy (non-hydrogen) atoms. The van der Waals surface area contributed by atoms with Gasteiger partial charge in [-0.2, -0.15) is 0 Å². The second-order valence-electron chi connectivity index (χ2n) is 4.05. The number of amides is 1. The van der Waals surface area contributed by atoms with Gasteiger partial charge in [-0.05, 0) is 19.8 Å². The zero-order valence-corrected chi connectivity index (χ0v) is 9.35. The Kier molecular flexibility index (Phi) is 3.51. The standard InChI is InChI=1S/C10H16N4O2/c1-8-6-16-7-14-9(5-11-13-14)3-2-4-10(15)12-8/h5,8H,2-4,6-7H2,1H3,(H,12,15)/t8-/m0/s1. The van der Waals surface area contributed by atoms with Crippen LogP contribution in [0.2, 0.25) is 0 Å². The van der Waals surface area contributed by atoms with E-state index < -0.39 is 0 Å². The van der Waals surface area contributed by atoms with E-state index in [1.165, 1.54) is 0 Å². The topological polar surface area (TPSA) is 69.0 Å². The summed E-state index contributed by atoms with van der Waals surface area (Å²) >= 11 is 0. The number of hydrogen-bond acceptors (Lipinski definition) is 4. The summed E-state index contributed by atoms with van der Waals surface area (Å²) in [6.07, 6.45) is 3.88. The third-order valence-corrected chi connectivity index (χ3v) is 2.52. The summed E-state index contributed by atoms with van der Waals surface area (Å²) in [5.74, 6) is 0.0806. The van der Waals surface area contributed by atoms with Crippen LogP contribution in [0.1, 0.15) is 25.5 Å². The van der Waals surface area contributed by atoms with Crippen LogP contribution < -0.4 is 5.32 Å². The van der Waals surface area contributed by atoms with Gasteiger partial charge in [-0.3, -0.25) is 4.79 Å². The summed E-state index contributed by atoms with van der Waals surface area (Å²) in [5.41, 5.74) is 1.02. The Balaban J connectivity index is 2.04. The Morgan fingerprint density at radius 3 is 3.31 bits per heavy atom. The molecule has 0 fully saturated rings. The molecule has 1 N–H and O–H groups in total. The van der Waals surface area contributed by atoms with E-state index in [1.807, 2.05) is 6.92 Å². The monoisotopic (exact) mass is 224 g/mol. The number of nitrogens with zero attached hydrogens (tertiary/aromatic N) is 3. The van der Waals surface area contributed by atoms with Gasteiger partial charge in [0.05, 0.1) is 18.5 Å².